The molecule has 0 atom stereocenters. The molecule has 0 fully saturated rings. The number of nitrogens with zero attached hydrogens (tertiary/aromatic N) is 1. The average molecular weight is 304 g/mol. The Morgan fingerprint density at radius 2 is 2.00 bits per heavy atom. The summed E-state index contributed by atoms with van der Waals surface area (Å²) < 4.78 is 9.76. The molecule has 0 unspecified atom stereocenters. The number of nitro benzene ring substituents is 1. The summed E-state index contributed by atoms with van der Waals surface area (Å²) in [6.45, 7) is -0.604. The third-order valence-electron chi connectivity index (χ3n) is 2.72. The number of rotatable bonds is 6. The Hall–Kier alpha value is -3.16. The summed E-state index contributed by atoms with van der Waals surface area (Å²) >= 11 is 0. The first-order valence-corrected chi connectivity index (χ1v) is 6.27. The number of furan rings is 1. The standard InChI is InChI=1S/C14H12N2O6/c17-13(8-15-14(18)12-6-3-7-21-12)22-9-10-4-1-2-5-11(10)16(19)20/h1-7H,8-9H2,(H,15,18). The highest BCUT2D eigenvalue weighted by Gasteiger charge is 2.15. The van der Waals surface area contributed by atoms with Gasteiger partial charge in [0.15, 0.2) is 5.76 Å². The summed E-state index contributed by atoms with van der Waals surface area (Å²) in [6, 6.07) is 8.94. The van der Waals surface area contributed by atoms with Crippen molar-refractivity contribution in [2.75, 3.05) is 6.54 Å². The zero-order valence-corrected chi connectivity index (χ0v) is 11.4. The zero-order valence-electron chi connectivity index (χ0n) is 11.4. The van der Waals surface area contributed by atoms with Gasteiger partial charge in [0.2, 0.25) is 0 Å². The maximum atomic E-state index is 11.5. The third-order valence-corrected chi connectivity index (χ3v) is 2.72. The Balaban J connectivity index is 1.83. The summed E-state index contributed by atoms with van der Waals surface area (Å²) in [5.74, 6) is -1.18. The minimum atomic E-state index is -0.710. The molecule has 0 saturated heterocycles. The van der Waals surface area contributed by atoms with Crippen molar-refractivity contribution in [1.82, 2.24) is 5.32 Å². The molecular formula is C14H12N2O6. The maximum Gasteiger partial charge on any atom is 0.325 e. The smallest absolute Gasteiger partial charge is 0.325 e. The summed E-state index contributed by atoms with van der Waals surface area (Å²) in [7, 11) is 0. The molecule has 0 spiro atoms. The first-order chi connectivity index (χ1) is 10.6. The van der Waals surface area contributed by atoms with Crippen LogP contribution in [0.4, 0.5) is 5.69 Å². The number of para-hydroxylation sites is 1. The fourth-order valence-corrected chi connectivity index (χ4v) is 1.67. The van der Waals surface area contributed by atoms with Crippen molar-refractivity contribution in [2.24, 2.45) is 0 Å². The van der Waals surface area contributed by atoms with E-state index in [1.165, 1.54) is 30.5 Å². The number of ether oxygens (including phenoxy) is 1. The van der Waals surface area contributed by atoms with Crippen LogP contribution in [0.2, 0.25) is 0 Å². The van der Waals surface area contributed by atoms with Crippen LogP contribution in [0.1, 0.15) is 16.1 Å². The third kappa shape index (κ3) is 3.92. The summed E-state index contributed by atoms with van der Waals surface area (Å²) in [4.78, 5) is 33.3. The second-order valence-corrected chi connectivity index (χ2v) is 4.21. The molecule has 114 valence electrons. The van der Waals surface area contributed by atoms with Crippen LogP contribution in [-0.2, 0) is 16.1 Å². The van der Waals surface area contributed by atoms with Crippen molar-refractivity contribution in [3.8, 4) is 0 Å². The summed E-state index contributed by atoms with van der Waals surface area (Å²) in [5, 5.41) is 13.1. The number of carbonyl (C=O) groups is 2. The lowest BCUT2D eigenvalue weighted by molar-refractivity contribution is -0.385. The van der Waals surface area contributed by atoms with E-state index in [0.29, 0.717) is 0 Å². The van der Waals surface area contributed by atoms with Crippen molar-refractivity contribution in [1.29, 1.82) is 0 Å². The van der Waals surface area contributed by atoms with Gasteiger partial charge in [-0.25, -0.2) is 0 Å². The van der Waals surface area contributed by atoms with Gasteiger partial charge in [0, 0.05) is 6.07 Å². The SMILES string of the molecule is O=C(CNC(=O)c1ccco1)OCc1ccccc1[N+](=O)[O-]. The van der Waals surface area contributed by atoms with Gasteiger partial charge in [-0.15, -0.1) is 0 Å². The van der Waals surface area contributed by atoms with Crippen LogP contribution >= 0.6 is 0 Å². The van der Waals surface area contributed by atoms with Crippen molar-refractivity contribution in [3.05, 3.63) is 64.1 Å². The normalized spacial score (nSPS) is 10.0. The molecule has 0 radical (unpaired) electrons. The van der Waals surface area contributed by atoms with Gasteiger partial charge in [0.25, 0.3) is 11.6 Å². The number of amides is 1. The van der Waals surface area contributed by atoms with Gasteiger partial charge >= 0.3 is 5.97 Å². The van der Waals surface area contributed by atoms with Gasteiger partial charge in [0.1, 0.15) is 13.2 Å². The van der Waals surface area contributed by atoms with E-state index in [0.717, 1.165) is 0 Å². The first-order valence-electron chi connectivity index (χ1n) is 6.27. The fraction of sp³-hybridized carbons (Fsp3) is 0.143. The fourth-order valence-electron chi connectivity index (χ4n) is 1.67. The number of esters is 1. The predicted octanol–water partition coefficient (Wildman–Crippen LogP) is 1.66. The van der Waals surface area contributed by atoms with Crippen LogP contribution in [0.3, 0.4) is 0 Å². The molecule has 2 aromatic rings. The number of nitro groups is 1. The largest absolute Gasteiger partial charge is 0.459 e. The molecule has 8 heteroatoms. The number of nitrogens with one attached hydrogen (secondary N) is 1. The monoisotopic (exact) mass is 304 g/mol. The topological polar surface area (TPSA) is 112 Å². The first kappa shape index (κ1) is 15.2. The highest BCUT2D eigenvalue weighted by atomic mass is 16.6. The van der Waals surface area contributed by atoms with Crippen LogP contribution < -0.4 is 5.32 Å². The molecule has 22 heavy (non-hydrogen) atoms. The Bertz CT molecular complexity index is 680. The Morgan fingerprint density at radius 3 is 2.68 bits per heavy atom. The quantitative estimate of drug-likeness (QED) is 0.493. The minimum absolute atomic E-state index is 0.0755. The average Bonchev–Trinajstić information content (AvgIpc) is 3.05. The number of hydrogen-bond donors (Lipinski definition) is 1. The maximum absolute atomic E-state index is 11.5. The van der Waals surface area contributed by atoms with E-state index < -0.39 is 16.8 Å². The highest BCUT2D eigenvalue weighted by molar-refractivity contribution is 5.93. The zero-order chi connectivity index (χ0) is 15.9. The lowest BCUT2D eigenvalue weighted by Gasteiger charge is -2.06. The Labute approximate surface area is 124 Å². The second kappa shape index (κ2) is 7.02. The van der Waals surface area contributed by atoms with Gasteiger partial charge in [-0.05, 0) is 18.2 Å². The molecule has 0 aliphatic heterocycles. The number of benzene rings is 1. The molecule has 0 aliphatic carbocycles. The molecule has 2 rings (SSSR count). The number of carbonyl (C=O) groups excluding carboxylic acids is 2. The Kier molecular flexibility index (Phi) is 4.86. The van der Waals surface area contributed by atoms with Crippen LogP contribution in [0.15, 0.2) is 47.1 Å². The molecule has 1 amide bonds. The molecule has 1 heterocycles. The van der Waals surface area contributed by atoms with E-state index >= 15 is 0 Å². The van der Waals surface area contributed by atoms with Crippen LogP contribution in [0, 0.1) is 10.1 Å². The van der Waals surface area contributed by atoms with Gasteiger partial charge in [-0.3, -0.25) is 19.7 Å². The van der Waals surface area contributed by atoms with E-state index in [9.17, 15) is 19.7 Å². The lowest BCUT2D eigenvalue weighted by Crippen LogP contribution is -2.30. The van der Waals surface area contributed by atoms with Crippen molar-refractivity contribution in [3.63, 3.8) is 0 Å². The molecule has 1 N–H and O–H groups in total. The van der Waals surface area contributed by atoms with Gasteiger partial charge < -0.3 is 14.5 Å². The van der Waals surface area contributed by atoms with Crippen LogP contribution in [0.25, 0.3) is 0 Å². The van der Waals surface area contributed by atoms with E-state index in [1.54, 1.807) is 12.1 Å². The molecule has 0 bridgehead atoms. The second-order valence-electron chi connectivity index (χ2n) is 4.21. The molecular weight excluding hydrogens is 292 g/mol. The highest BCUT2D eigenvalue weighted by Crippen LogP contribution is 2.18. The molecule has 1 aromatic carbocycles. The Morgan fingerprint density at radius 1 is 1.23 bits per heavy atom. The van der Waals surface area contributed by atoms with Gasteiger partial charge in [-0.1, -0.05) is 12.1 Å². The molecule has 1 aromatic heterocycles. The van der Waals surface area contributed by atoms with Crippen molar-refractivity contribution in [2.45, 2.75) is 6.61 Å². The molecule has 0 aliphatic rings. The van der Waals surface area contributed by atoms with E-state index in [1.807, 2.05) is 0 Å². The summed E-state index contributed by atoms with van der Waals surface area (Å²) in [5.41, 5.74) is 0.146. The van der Waals surface area contributed by atoms with Crippen LogP contribution in [-0.4, -0.2) is 23.3 Å². The predicted molar refractivity (Wildman–Crippen MR) is 73.9 cm³/mol. The molecule has 8 nitrogen and oxygen atoms in total. The molecule has 0 saturated carbocycles. The van der Waals surface area contributed by atoms with E-state index in [4.69, 9.17) is 9.15 Å². The number of hydrogen-bond acceptors (Lipinski definition) is 6. The summed E-state index contributed by atoms with van der Waals surface area (Å²) in [6.07, 6.45) is 1.34. The van der Waals surface area contributed by atoms with Crippen molar-refractivity contribution >= 4 is 17.6 Å². The minimum Gasteiger partial charge on any atom is -0.459 e. The van der Waals surface area contributed by atoms with E-state index in [-0.39, 0.29) is 30.2 Å². The lowest BCUT2D eigenvalue weighted by atomic mass is 10.2. The van der Waals surface area contributed by atoms with Crippen molar-refractivity contribution < 1.29 is 23.7 Å². The van der Waals surface area contributed by atoms with Gasteiger partial charge in [-0.2, -0.15) is 0 Å². The van der Waals surface area contributed by atoms with Crippen LogP contribution in [0.5, 0.6) is 0 Å². The van der Waals surface area contributed by atoms with E-state index in [2.05, 4.69) is 5.32 Å². The van der Waals surface area contributed by atoms with Gasteiger partial charge in [0.05, 0.1) is 16.7 Å².